The maximum Gasteiger partial charge on any atom is 0.250 e. The lowest BCUT2D eigenvalue weighted by Crippen LogP contribution is -2.56. The van der Waals surface area contributed by atoms with Crippen LogP contribution in [-0.2, 0) is 6.54 Å². The highest BCUT2D eigenvalue weighted by molar-refractivity contribution is 6.88. The van der Waals surface area contributed by atoms with Crippen LogP contribution in [0, 0.1) is 5.92 Å². The third kappa shape index (κ3) is 4.09. The Morgan fingerprint density at radius 2 is 1.66 bits per heavy atom. The van der Waals surface area contributed by atoms with Crippen LogP contribution < -0.4 is 10.7 Å². The van der Waals surface area contributed by atoms with Gasteiger partial charge < -0.3 is 4.57 Å². The normalized spacial score (nSPS) is 25.0. The number of fused-ring (bicyclic) bond motifs is 4. The quantitative estimate of drug-likeness (QED) is 0.678. The first-order valence-corrected chi connectivity index (χ1v) is 18.1. The van der Waals surface area contributed by atoms with E-state index in [4.69, 9.17) is 0 Å². The fourth-order valence-corrected chi connectivity index (χ4v) is 9.44. The van der Waals surface area contributed by atoms with Crippen LogP contribution in [0.4, 0.5) is 0 Å². The van der Waals surface area contributed by atoms with Gasteiger partial charge in [0.25, 0.3) is 5.56 Å². The lowest BCUT2D eigenvalue weighted by Gasteiger charge is -2.51. The van der Waals surface area contributed by atoms with Crippen molar-refractivity contribution in [1.82, 2.24) is 9.47 Å². The SMILES string of the molecule is C[Si](C)(C)c1cc2n(c(=O)c1)[C@@H]([Si](C)(C)C)[C@H]1C[C@@H]2CN(Cc2ccccc2)C1. The summed E-state index contributed by atoms with van der Waals surface area (Å²) in [6.07, 6.45) is 1.24. The van der Waals surface area contributed by atoms with Gasteiger partial charge in [0.15, 0.2) is 0 Å². The second-order valence-electron chi connectivity index (χ2n) is 11.3. The van der Waals surface area contributed by atoms with Gasteiger partial charge in [0, 0.05) is 43.0 Å². The van der Waals surface area contributed by atoms with Crippen LogP contribution in [0.2, 0.25) is 39.3 Å². The Kier molecular flexibility index (Phi) is 5.28. The molecular weight excluding hydrogens is 388 g/mol. The van der Waals surface area contributed by atoms with Gasteiger partial charge in [0.1, 0.15) is 0 Å². The summed E-state index contributed by atoms with van der Waals surface area (Å²) in [5, 5.41) is 1.32. The molecule has 5 heteroatoms. The van der Waals surface area contributed by atoms with E-state index in [2.05, 4.69) is 85.1 Å². The molecule has 0 saturated carbocycles. The highest BCUT2D eigenvalue weighted by Gasteiger charge is 2.46. The van der Waals surface area contributed by atoms with Crippen molar-refractivity contribution in [3.8, 4) is 0 Å². The minimum atomic E-state index is -1.56. The molecule has 3 nitrogen and oxygen atoms in total. The summed E-state index contributed by atoms with van der Waals surface area (Å²) in [7, 11) is -3.08. The van der Waals surface area contributed by atoms with Crippen molar-refractivity contribution in [1.29, 1.82) is 0 Å². The Labute approximate surface area is 177 Å². The zero-order valence-corrected chi connectivity index (χ0v) is 20.9. The maximum absolute atomic E-state index is 13.4. The molecule has 3 heterocycles. The number of hydrogen-bond donors (Lipinski definition) is 0. The summed E-state index contributed by atoms with van der Waals surface area (Å²) in [6.45, 7) is 17.6. The van der Waals surface area contributed by atoms with E-state index in [1.807, 2.05) is 6.07 Å². The Balaban J connectivity index is 1.77. The number of hydrogen-bond acceptors (Lipinski definition) is 2. The number of piperidine rings is 1. The summed E-state index contributed by atoms with van der Waals surface area (Å²) >= 11 is 0. The summed E-state index contributed by atoms with van der Waals surface area (Å²) in [4.78, 5) is 16.0. The standard InChI is InChI=1S/C24H36N2OSi2/c1-28(2,3)21-13-22-19-12-20(24(29(4,5)6)26(22)23(27)14-21)17-25(16-19)15-18-10-8-7-9-11-18/h7-11,13-14,19-20,24H,12,15-17H2,1-6H3/t19-,20+,24+/m1/s1. The van der Waals surface area contributed by atoms with Gasteiger partial charge in [0.2, 0.25) is 0 Å². The van der Waals surface area contributed by atoms with E-state index in [1.54, 1.807) is 0 Å². The number of nitrogens with zero attached hydrogens (tertiary/aromatic N) is 2. The molecule has 0 aliphatic carbocycles. The summed E-state index contributed by atoms with van der Waals surface area (Å²) in [5.74, 6) is 1.07. The van der Waals surface area contributed by atoms with Gasteiger partial charge in [-0.1, -0.05) is 74.8 Å². The molecule has 0 radical (unpaired) electrons. The summed E-state index contributed by atoms with van der Waals surface area (Å²) in [5.41, 5.74) is 3.38. The van der Waals surface area contributed by atoms with Crippen molar-refractivity contribution >= 4 is 21.3 Å². The molecular formula is C24H36N2OSi2. The van der Waals surface area contributed by atoms with Crippen LogP contribution in [0.5, 0.6) is 0 Å². The Hall–Kier alpha value is -1.44. The monoisotopic (exact) mass is 424 g/mol. The summed E-state index contributed by atoms with van der Waals surface area (Å²) < 4.78 is 2.26. The van der Waals surface area contributed by atoms with Gasteiger partial charge in [-0.2, -0.15) is 0 Å². The molecule has 0 unspecified atom stereocenters. The molecule has 1 saturated heterocycles. The number of benzene rings is 1. The van der Waals surface area contributed by atoms with Crippen LogP contribution in [0.1, 0.15) is 29.3 Å². The molecule has 1 fully saturated rings. The van der Waals surface area contributed by atoms with Crippen molar-refractivity contribution < 1.29 is 0 Å². The van der Waals surface area contributed by atoms with Gasteiger partial charge >= 0.3 is 0 Å². The van der Waals surface area contributed by atoms with Crippen LogP contribution in [0.15, 0.2) is 47.3 Å². The molecule has 156 valence electrons. The molecule has 2 aliphatic heterocycles. The smallest absolute Gasteiger partial charge is 0.250 e. The molecule has 1 aromatic heterocycles. The van der Waals surface area contributed by atoms with Crippen molar-refractivity contribution in [2.45, 2.75) is 63.8 Å². The minimum Gasteiger partial charge on any atom is -0.312 e. The molecule has 1 aromatic carbocycles. The lowest BCUT2D eigenvalue weighted by molar-refractivity contribution is 0.106. The third-order valence-corrected chi connectivity index (χ3v) is 11.3. The van der Waals surface area contributed by atoms with Crippen LogP contribution in [-0.4, -0.2) is 38.7 Å². The van der Waals surface area contributed by atoms with Gasteiger partial charge in [-0.25, -0.2) is 0 Å². The Morgan fingerprint density at radius 1 is 0.966 bits per heavy atom. The molecule has 0 N–H and O–H groups in total. The average Bonchev–Trinajstić information content (AvgIpc) is 2.61. The zero-order valence-electron chi connectivity index (χ0n) is 18.9. The third-order valence-electron chi connectivity index (χ3n) is 6.80. The van der Waals surface area contributed by atoms with E-state index < -0.39 is 16.1 Å². The molecule has 3 atom stereocenters. The van der Waals surface area contributed by atoms with Gasteiger partial charge in [-0.3, -0.25) is 9.69 Å². The van der Waals surface area contributed by atoms with Gasteiger partial charge in [0.05, 0.1) is 16.1 Å². The molecule has 2 aliphatic rings. The molecule has 0 amide bonds. The predicted octanol–water partition coefficient (Wildman–Crippen LogP) is 4.43. The van der Waals surface area contributed by atoms with E-state index in [1.165, 1.54) is 22.9 Å². The molecule has 2 aromatic rings. The minimum absolute atomic E-state index is 0.263. The second-order valence-corrected chi connectivity index (χ2v) is 21.7. The first kappa shape index (κ1) is 20.8. The first-order valence-electron chi connectivity index (χ1n) is 11.1. The van der Waals surface area contributed by atoms with E-state index >= 15 is 0 Å². The van der Waals surface area contributed by atoms with E-state index in [-0.39, 0.29) is 5.56 Å². The summed E-state index contributed by atoms with van der Waals surface area (Å²) in [6, 6.07) is 15.2. The molecule has 0 spiro atoms. The van der Waals surface area contributed by atoms with Crippen LogP contribution in [0.25, 0.3) is 0 Å². The molecule has 29 heavy (non-hydrogen) atoms. The molecule has 4 rings (SSSR count). The topological polar surface area (TPSA) is 25.2 Å². The van der Waals surface area contributed by atoms with E-state index in [0.29, 0.717) is 17.5 Å². The number of likely N-dealkylation sites (tertiary alicyclic amines) is 1. The fourth-order valence-electron chi connectivity index (χ4n) is 5.60. The van der Waals surface area contributed by atoms with Crippen LogP contribution in [0.3, 0.4) is 0 Å². The predicted molar refractivity (Wildman–Crippen MR) is 129 cm³/mol. The molecule has 2 bridgehead atoms. The highest BCUT2D eigenvalue weighted by atomic mass is 28.3. The van der Waals surface area contributed by atoms with E-state index in [0.717, 1.165) is 19.6 Å². The van der Waals surface area contributed by atoms with Crippen LogP contribution >= 0.6 is 0 Å². The van der Waals surface area contributed by atoms with Crippen molar-refractivity contribution in [2.75, 3.05) is 13.1 Å². The second kappa shape index (κ2) is 7.36. The fraction of sp³-hybridized carbons (Fsp3) is 0.542. The number of rotatable bonds is 4. The zero-order chi connectivity index (χ0) is 21.0. The Bertz CT molecular complexity index is 940. The maximum atomic E-state index is 13.4. The van der Waals surface area contributed by atoms with Crippen molar-refractivity contribution in [2.24, 2.45) is 5.92 Å². The van der Waals surface area contributed by atoms with E-state index in [9.17, 15) is 4.79 Å². The number of aromatic nitrogens is 1. The number of pyridine rings is 1. The Morgan fingerprint density at radius 3 is 2.28 bits per heavy atom. The first-order chi connectivity index (χ1) is 13.5. The largest absolute Gasteiger partial charge is 0.312 e. The van der Waals surface area contributed by atoms with Crippen molar-refractivity contribution in [3.63, 3.8) is 0 Å². The lowest BCUT2D eigenvalue weighted by atomic mass is 9.82. The average molecular weight is 425 g/mol. The van der Waals surface area contributed by atoms with Crippen molar-refractivity contribution in [3.05, 3.63) is 64.1 Å². The van der Waals surface area contributed by atoms with Gasteiger partial charge in [-0.05, 0) is 24.0 Å². The van der Waals surface area contributed by atoms with Gasteiger partial charge in [-0.15, -0.1) is 0 Å². The highest BCUT2D eigenvalue weighted by Crippen LogP contribution is 2.44.